The Morgan fingerprint density at radius 1 is 1.24 bits per heavy atom. The number of hydrogen-bond acceptors (Lipinski definition) is 5. The minimum absolute atomic E-state index is 0.142. The van der Waals surface area contributed by atoms with E-state index in [1.807, 2.05) is 13.0 Å². The number of aryl methyl sites for hydroxylation is 3. The molecular weight excluding hydrogens is 416 g/mol. The van der Waals surface area contributed by atoms with Gasteiger partial charge >= 0.3 is 0 Å². The number of aromatic nitrogens is 2. The molecule has 0 saturated carbocycles. The molecule has 1 aliphatic heterocycles. The standard InChI is InChI=1S/C19H25ClN4O4S/c1-13-4-5-17(16(20)12-13)21-18(25)6-7-24-15(3)19(14(2)22-24)29(26,27)23-8-10-28-11-9-23/h4-5,12H,6-11H2,1-3H3,(H,21,25). The molecule has 0 unspecified atom stereocenters. The lowest BCUT2D eigenvalue weighted by atomic mass is 10.2. The molecule has 10 heteroatoms. The maximum atomic E-state index is 13.0. The van der Waals surface area contributed by atoms with E-state index in [4.69, 9.17) is 16.3 Å². The molecule has 158 valence electrons. The lowest BCUT2D eigenvalue weighted by molar-refractivity contribution is -0.116. The van der Waals surface area contributed by atoms with E-state index < -0.39 is 10.0 Å². The van der Waals surface area contributed by atoms with E-state index in [0.717, 1.165) is 5.56 Å². The van der Waals surface area contributed by atoms with E-state index in [0.29, 0.717) is 48.4 Å². The largest absolute Gasteiger partial charge is 0.379 e. The monoisotopic (exact) mass is 440 g/mol. The molecule has 29 heavy (non-hydrogen) atoms. The molecule has 0 spiro atoms. The minimum atomic E-state index is -3.65. The summed E-state index contributed by atoms with van der Waals surface area (Å²) in [5, 5.41) is 7.61. The highest BCUT2D eigenvalue weighted by molar-refractivity contribution is 7.89. The van der Waals surface area contributed by atoms with E-state index in [1.165, 1.54) is 4.31 Å². The highest BCUT2D eigenvalue weighted by atomic mass is 35.5. The molecule has 0 bridgehead atoms. The van der Waals surface area contributed by atoms with Crippen LogP contribution in [-0.2, 0) is 26.1 Å². The van der Waals surface area contributed by atoms with Crippen LogP contribution < -0.4 is 5.32 Å². The molecule has 0 aliphatic carbocycles. The summed E-state index contributed by atoms with van der Waals surface area (Å²) in [7, 11) is -3.65. The number of anilines is 1. The number of ether oxygens (including phenoxy) is 1. The maximum absolute atomic E-state index is 13.0. The molecular formula is C19H25ClN4O4S. The number of amides is 1. The van der Waals surface area contributed by atoms with E-state index in [1.54, 1.807) is 30.7 Å². The Morgan fingerprint density at radius 3 is 2.59 bits per heavy atom. The van der Waals surface area contributed by atoms with Crippen molar-refractivity contribution in [2.75, 3.05) is 31.6 Å². The summed E-state index contributed by atoms with van der Waals surface area (Å²) in [5.74, 6) is -0.221. The van der Waals surface area contributed by atoms with Gasteiger partial charge in [0.15, 0.2) is 0 Å². The minimum Gasteiger partial charge on any atom is -0.379 e. The van der Waals surface area contributed by atoms with Gasteiger partial charge in [0.2, 0.25) is 15.9 Å². The first kappa shape index (κ1) is 21.8. The second-order valence-corrected chi connectivity index (χ2v) is 9.30. The molecule has 1 N–H and O–H groups in total. The van der Waals surface area contributed by atoms with E-state index in [-0.39, 0.29) is 23.8 Å². The summed E-state index contributed by atoms with van der Waals surface area (Å²) in [5.41, 5.74) is 2.50. The average molecular weight is 441 g/mol. The summed E-state index contributed by atoms with van der Waals surface area (Å²) in [6.07, 6.45) is 0.142. The highest BCUT2D eigenvalue weighted by Gasteiger charge is 2.32. The number of halogens is 1. The van der Waals surface area contributed by atoms with Gasteiger partial charge in [0, 0.05) is 19.5 Å². The maximum Gasteiger partial charge on any atom is 0.246 e. The van der Waals surface area contributed by atoms with Crippen molar-refractivity contribution in [1.29, 1.82) is 0 Å². The molecule has 1 aromatic carbocycles. The third kappa shape index (κ3) is 4.80. The molecule has 0 radical (unpaired) electrons. The second kappa shape index (κ2) is 8.83. The smallest absolute Gasteiger partial charge is 0.246 e. The van der Waals surface area contributed by atoms with Crippen LogP contribution in [0.25, 0.3) is 0 Å². The number of benzene rings is 1. The van der Waals surface area contributed by atoms with Crippen molar-refractivity contribution in [2.45, 2.75) is 38.6 Å². The fraction of sp³-hybridized carbons (Fsp3) is 0.474. The molecule has 1 aliphatic rings. The molecule has 1 amide bonds. The zero-order valence-electron chi connectivity index (χ0n) is 16.7. The van der Waals surface area contributed by atoms with Gasteiger partial charge < -0.3 is 10.1 Å². The number of carbonyl (C=O) groups excluding carboxylic acids is 1. The van der Waals surface area contributed by atoms with Crippen LogP contribution >= 0.6 is 11.6 Å². The van der Waals surface area contributed by atoms with Gasteiger partial charge in [0.25, 0.3) is 0 Å². The topological polar surface area (TPSA) is 93.5 Å². The normalized spacial score (nSPS) is 15.4. The van der Waals surface area contributed by atoms with Crippen molar-refractivity contribution in [1.82, 2.24) is 14.1 Å². The molecule has 0 atom stereocenters. The molecule has 1 saturated heterocycles. The Balaban J connectivity index is 1.70. The van der Waals surface area contributed by atoms with Gasteiger partial charge in [0.1, 0.15) is 4.90 Å². The first-order valence-electron chi connectivity index (χ1n) is 9.38. The quantitative estimate of drug-likeness (QED) is 0.744. The number of nitrogens with zero attached hydrogens (tertiary/aromatic N) is 3. The summed E-state index contributed by atoms with van der Waals surface area (Å²) in [4.78, 5) is 12.5. The summed E-state index contributed by atoms with van der Waals surface area (Å²) >= 11 is 6.15. The van der Waals surface area contributed by atoms with Crippen LogP contribution in [0.1, 0.15) is 23.4 Å². The number of nitrogens with one attached hydrogen (secondary N) is 1. The first-order valence-corrected chi connectivity index (χ1v) is 11.2. The Bertz CT molecular complexity index is 1010. The van der Waals surface area contributed by atoms with Crippen molar-refractivity contribution in [3.63, 3.8) is 0 Å². The lowest BCUT2D eigenvalue weighted by Gasteiger charge is -2.26. The Morgan fingerprint density at radius 2 is 1.93 bits per heavy atom. The Labute approximate surface area is 175 Å². The molecule has 8 nitrogen and oxygen atoms in total. The fourth-order valence-electron chi connectivity index (χ4n) is 3.33. The average Bonchev–Trinajstić information content (AvgIpc) is 2.97. The van der Waals surface area contributed by atoms with Gasteiger partial charge in [0.05, 0.1) is 41.9 Å². The number of sulfonamides is 1. The molecule has 3 rings (SSSR count). The number of morpholine rings is 1. The van der Waals surface area contributed by atoms with Crippen molar-refractivity contribution < 1.29 is 17.9 Å². The van der Waals surface area contributed by atoms with Crippen molar-refractivity contribution in [2.24, 2.45) is 0 Å². The van der Waals surface area contributed by atoms with Crippen LogP contribution in [0.2, 0.25) is 5.02 Å². The van der Waals surface area contributed by atoms with Crippen LogP contribution in [0.3, 0.4) is 0 Å². The van der Waals surface area contributed by atoms with Crippen LogP contribution in [0, 0.1) is 20.8 Å². The van der Waals surface area contributed by atoms with Crippen LogP contribution in [0.15, 0.2) is 23.1 Å². The number of hydrogen-bond donors (Lipinski definition) is 1. The lowest BCUT2D eigenvalue weighted by Crippen LogP contribution is -2.41. The van der Waals surface area contributed by atoms with E-state index in [2.05, 4.69) is 10.4 Å². The summed E-state index contributed by atoms with van der Waals surface area (Å²) < 4.78 is 34.3. The SMILES string of the molecule is Cc1ccc(NC(=O)CCn2nc(C)c(S(=O)(=O)N3CCOCC3)c2C)c(Cl)c1. The van der Waals surface area contributed by atoms with Crippen molar-refractivity contribution >= 4 is 33.2 Å². The third-order valence-electron chi connectivity index (χ3n) is 4.83. The fourth-order valence-corrected chi connectivity index (χ4v) is 5.39. The number of carbonyl (C=O) groups is 1. The van der Waals surface area contributed by atoms with Crippen molar-refractivity contribution in [3.8, 4) is 0 Å². The van der Waals surface area contributed by atoms with Gasteiger partial charge in [-0.05, 0) is 38.5 Å². The van der Waals surface area contributed by atoms with Gasteiger partial charge in [-0.2, -0.15) is 9.40 Å². The van der Waals surface area contributed by atoms with E-state index >= 15 is 0 Å². The van der Waals surface area contributed by atoms with Crippen LogP contribution in [0.4, 0.5) is 5.69 Å². The predicted molar refractivity (Wildman–Crippen MR) is 111 cm³/mol. The van der Waals surface area contributed by atoms with Gasteiger partial charge in [-0.1, -0.05) is 17.7 Å². The first-order chi connectivity index (χ1) is 13.7. The Hall–Kier alpha value is -1.94. The third-order valence-corrected chi connectivity index (χ3v) is 7.30. The predicted octanol–water partition coefficient (Wildman–Crippen LogP) is 2.51. The highest BCUT2D eigenvalue weighted by Crippen LogP contribution is 2.25. The molecule has 1 fully saturated rings. The zero-order valence-corrected chi connectivity index (χ0v) is 18.3. The van der Waals surface area contributed by atoms with Crippen molar-refractivity contribution in [3.05, 3.63) is 40.2 Å². The van der Waals surface area contributed by atoms with Gasteiger partial charge in [-0.15, -0.1) is 0 Å². The van der Waals surface area contributed by atoms with Crippen LogP contribution in [-0.4, -0.2) is 54.7 Å². The van der Waals surface area contributed by atoms with E-state index in [9.17, 15) is 13.2 Å². The summed E-state index contributed by atoms with van der Waals surface area (Å²) in [6.45, 7) is 6.98. The summed E-state index contributed by atoms with van der Waals surface area (Å²) in [6, 6.07) is 5.40. The zero-order chi connectivity index (χ0) is 21.2. The number of rotatable bonds is 6. The second-order valence-electron chi connectivity index (χ2n) is 7.02. The van der Waals surface area contributed by atoms with Gasteiger partial charge in [-0.3, -0.25) is 9.48 Å². The molecule has 1 aromatic heterocycles. The van der Waals surface area contributed by atoms with Gasteiger partial charge in [-0.25, -0.2) is 8.42 Å². The molecule has 2 aromatic rings. The Kier molecular flexibility index (Phi) is 6.62. The molecule has 2 heterocycles. The van der Waals surface area contributed by atoms with Crippen LogP contribution in [0.5, 0.6) is 0 Å².